The summed E-state index contributed by atoms with van der Waals surface area (Å²) < 4.78 is 40.3. The number of halogens is 2. The Labute approximate surface area is 138 Å². The Kier molecular flexibility index (Phi) is 4.77. The molecule has 23 heavy (non-hydrogen) atoms. The lowest BCUT2D eigenvalue weighted by Crippen LogP contribution is -2.14. The van der Waals surface area contributed by atoms with Crippen molar-refractivity contribution >= 4 is 39.5 Å². The van der Waals surface area contributed by atoms with Crippen molar-refractivity contribution in [2.45, 2.75) is 4.90 Å². The maximum absolute atomic E-state index is 13.2. The predicted molar refractivity (Wildman–Crippen MR) is 90.5 cm³/mol. The number of sulfonamides is 1. The van der Waals surface area contributed by atoms with E-state index in [-0.39, 0.29) is 26.9 Å². The second kappa shape index (κ2) is 6.44. The normalized spacial score (nSPS) is 11.0. The molecule has 0 unspecified atom stereocenters. The summed E-state index contributed by atoms with van der Waals surface area (Å²) in [5.41, 5.74) is 0.647. The van der Waals surface area contributed by atoms with Crippen molar-refractivity contribution in [3.63, 3.8) is 0 Å². The molecule has 0 heterocycles. The topological polar surface area (TPSA) is 66.4 Å². The number of aromatic hydroxyl groups is 1. The predicted octanol–water partition coefficient (Wildman–Crippen LogP) is 4.27. The van der Waals surface area contributed by atoms with Crippen molar-refractivity contribution in [1.82, 2.24) is 0 Å². The highest BCUT2D eigenvalue weighted by atomic mass is 35.5. The summed E-state index contributed by atoms with van der Waals surface area (Å²) in [5, 5.41) is 9.85. The van der Waals surface area contributed by atoms with Gasteiger partial charge in [-0.3, -0.25) is 4.72 Å². The first kappa shape index (κ1) is 17.1. The number of phenolic OH excluding ortho intramolecular Hbond substituents is 1. The first-order valence-corrected chi connectivity index (χ1v) is 8.25. The fraction of sp³-hybridized carbons (Fsp3) is 0. The van der Waals surface area contributed by atoms with Gasteiger partial charge in [0.15, 0.2) is 0 Å². The van der Waals surface area contributed by atoms with E-state index in [0.29, 0.717) is 5.56 Å². The van der Waals surface area contributed by atoms with E-state index in [0.717, 1.165) is 12.1 Å². The molecule has 0 aliphatic rings. The second-order valence-electron chi connectivity index (χ2n) is 4.55. The molecule has 0 saturated carbocycles. The van der Waals surface area contributed by atoms with Gasteiger partial charge in [0.1, 0.15) is 11.6 Å². The number of benzene rings is 2. The van der Waals surface area contributed by atoms with Gasteiger partial charge in [-0.25, -0.2) is 12.8 Å². The minimum absolute atomic E-state index is 0.0533. The Balaban J connectivity index is 2.58. The fourth-order valence-electron chi connectivity index (χ4n) is 2.02. The van der Waals surface area contributed by atoms with E-state index in [1.54, 1.807) is 0 Å². The second-order valence-corrected chi connectivity index (χ2v) is 6.64. The number of anilines is 1. The van der Waals surface area contributed by atoms with Gasteiger partial charge in [-0.2, -0.15) is 0 Å². The standard InChI is InChI=1S/C16H13ClFNO3S/c1-3-12-13(4-2)16(20)14(17)9-15(12)19-23(21,22)11-7-5-6-10(18)8-11/h3-9,19-20H,1-2H2. The van der Waals surface area contributed by atoms with Crippen LogP contribution in [0.25, 0.3) is 12.2 Å². The first-order valence-electron chi connectivity index (χ1n) is 6.39. The van der Waals surface area contributed by atoms with E-state index in [1.165, 1.54) is 30.4 Å². The molecule has 7 heteroatoms. The lowest BCUT2D eigenvalue weighted by atomic mass is 10.0. The number of hydrogen-bond acceptors (Lipinski definition) is 3. The van der Waals surface area contributed by atoms with E-state index in [9.17, 15) is 17.9 Å². The quantitative estimate of drug-likeness (QED) is 0.789. The van der Waals surface area contributed by atoms with Crippen molar-refractivity contribution in [1.29, 1.82) is 0 Å². The number of nitrogens with one attached hydrogen (secondary N) is 1. The summed E-state index contributed by atoms with van der Waals surface area (Å²) in [6, 6.07) is 5.83. The third-order valence-corrected chi connectivity index (χ3v) is 4.74. The molecule has 0 aromatic heterocycles. The van der Waals surface area contributed by atoms with Crippen LogP contribution >= 0.6 is 11.6 Å². The van der Waals surface area contributed by atoms with Crippen molar-refractivity contribution in [2.24, 2.45) is 0 Å². The van der Waals surface area contributed by atoms with Crippen LogP contribution in [0, 0.1) is 5.82 Å². The van der Waals surface area contributed by atoms with E-state index >= 15 is 0 Å². The van der Waals surface area contributed by atoms with Gasteiger partial charge in [0.25, 0.3) is 10.0 Å². The lowest BCUT2D eigenvalue weighted by Gasteiger charge is -2.15. The monoisotopic (exact) mass is 353 g/mol. The van der Waals surface area contributed by atoms with Gasteiger partial charge in [-0.1, -0.05) is 43.0 Å². The zero-order chi connectivity index (χ0) is 17.2. The van der Waals surface area contributed by atoms with Gasteiger partial charge in [0, 0.05) is 11.1 Å². The molecule has 0 atom stereocenters. The maximum atomic E-state index is 13.2. The minimum Gasteiger partial charge on any atom is -0.506 e. The molecule has 2 rings (SSSR count). The Morgan fingerprint density at radius 1 is 1.17 bits per heavy atom. The van der Waals surface area contributed by atoms with Crippen LogP contribution in [0.3, 0.4) is 0 Å². The molecular formula is C16H13ClFNO3S. The molecular weight excluding hydrogens is 341 g/mol. The molecule has 0 spiro atoms. The van der Waals surface area contributed by atoms with Crippen LogP contribution in [0.1, 0.15) is 11.1 Å². The van der Waals surface area contributed by atoms with Crippen LogP contribution in [-0.4, -0.2) is 13.5 Å². The van der Waals surface area contributed by atoms with Crippen LogP contribution in [0.2, 0.25) is 5.02 Å². The van der Waals surface area contributed by atoms with Gasteiger partial charge in [0.05, 0.1) is 15.6 Å². The fourth-order valence-corrected chi connectivity index (χ4v) is 3.34. The molecule has 0 bridgehead atoms. The average molecular weight is 354 g/mol. The molecule has 120 valence electrons. The summed E-state index contributed by atoms with van der Waals surface area (Å²) in [6.45, 7) is 7.15. The molecule has 0 aliphatic carbocycles. The van der Waals surface area contributed by atoms with Gasteiger partial charge in [-0.05, 0) is 24.3 Å². The Bertz CT molecular complexity index is 894. The first-order chi connectivity index (χ1) is 10.8. The summed E-state index contributed by atoms with van der Waals surface area (Å²) in [6.07, 6.45) is 2.69. The summed E-state index contributed by atoms with van der Waals surface area (Å²) in [4.78, 5) is -0.239. The van der Waals surface area contributed by atoms with Crippen molar-refractivity contribution in [3.05, 3.63) is 65.5 Å². The van der Waals surface area contributed by atoms with E-state index in [4.69, 9.17) is 11.6 Å². The van der Waals surface area contributed by atoms with Crippen molar-refractivity contribution in [3.8, 4) is 5.75 Å². The molecule has 2 N–H and O–H groups in total. The summed E-state index contributed by atoms with van der Waals surface area (Å²) >= 11 is 5.90. The van der Waals surface area contributed by atoms with E-state index in [1.807, 2.05) is 0 Å². The smallest absolute Gasteiger partial charge is 0.262 e. The molecule has 0 radical (unpaired) electrons. The van der Waals surface area contributed by atoms with Gasteiger partial charge in [0.2, 0.25) is 0 Å². The maximum Gasteiger partial charge on any atom is 0.262 e. The highest BCUT2D eigenvalue weighted by Gasteiger charge is 2.19. The highest BCUT2D eigenvalue weighted by Crippen LogP contribution is 2.37. The van der Waals surface area contributed by atoms with Crippen molar-refractivity contribution in [2.75, 3.05) is 4.72 Å². The largest absolute Gasteiger partial charge is 0.506 e. The van der Waals surface area contributed by atoms with E-state index < -0.39 is 15.8 Å². The SMILES string of the molecule is C=Cc1c(NS(=O)(=O)c2cccc(F)c2)cc(Cl)c(O)c1C=C. The Morgan fingerprint density at radius 3 is 2.39 bits per heavy atom. The van der Waals surface area contributed by atoms with Gasteiger partial charge >= 0.3 is 0 Å². The molecule has 0 fully saturated rings. The van der Waals surface area contributed by atoms with Gasteiger partial charge in [-0.15, -0.1) is 0 Å². The Morgan fingerprint density at radius 2 is 1.83 bits per heavy atom. The molecule has 0 amide bonds. The third kappa shape index (κ3) is 3.38. The van der Waals surface area contributed by atoms with Crippen LogP contribution in [-0.2, 0) is 10.0 Å². The molecule has 2 aromatic carbocycles. The average Bonchev–Trinajstić information content (AvgIpc) is 2.50. The Hall–Kier alpha value is -2.31. The molecule has 2 aromatic rings. The van der Waals surface area contributed by atoms with Gasteiger partial charge < -0.3 is 5.11 Å². The summed E-state index contributed by atoms with van der Waals surface area (Å²) in [7, 11) is -4.04. The highest BCUT2D eigenvalue weighted by molar-refractivity contribution is 7.92. The lowest BCUT2D eigenvalue weighted by molar-refractivity contribution is 0.474. The van der Waals surface area contributed by atoms with Crippen molar-refractivity contribution < 1.29 is 17.9 Å². The van der Waals surface area contributed by atoms with E-state index in [2.05, 4.69) is 17.9 Å². The zero-order valence-corrected chi connectivity index (χ0v) is 13.5. The van der Waals surface area contributed by atoms with Crippen LogP contribution < -0.4 is 4.72 Å². The van der Waals surface area contributed by atoms with Crippen LogP contribution in [0.5, 0.6) is 5.75 Å². The van der Waals surface area contributed by atoms with Crippen LogP contribution in [0.15, 0.2) is 48.4 Å². The third-order valence-electron chi connectivity index (χ3n) is 3.09. The minimum atomic E-state index is -4.04. The molecule has 0 aliphatic heterocycles. The zero-order valence-electron chi connectivity index (χ0n) is 11.9. The number of hydrogen-bond donors (Lipinski definition) is 2. The molecule has 0 saturated heterocycles. The molecule has 4 nitrogen and oxygen atoms in total. The van der Waals surface area contributed by atoms with Crippen LogP contribution in [0.4, 0.5) is 10.1 Å². The number of rotatable bonds is 5. The summed E-state index contributed by atoms with van der Waals surface area (Å²) in [5.74, 6) is -0.905. The number of phenols is 1.